The van der Waals surface area contributed by atoms with Gasteiger partial charge in [-0.1, -0.05) is 11.8 Å². The van der Waals surface area contributed by atoms with Gasteiger partial charge in [0.05, 0.1) is 26.9 Å². The highest BCUT2D eigenvalue weighted by atomic mass is 32.2. The molecular formula is C20H19N3O8S2. The van der Waals surface area contributed by atoms with E-state index in [0.717, 1.165) is 11.8 Å². The molecule has 11 nitrogen and oxygen atoms in total. The molecule has 2 aromatic rings. The first-order chi connectivity index (χ1) is 15.7. The Kier molecular flexibility index (Phi) is 7.55. The molecule has 0 aromatic heterocycles. The van der Waals surface area contributed by atoms with E-state index in [1.807, 2.05) is 0 Å². The third-order valence-electron chi connectivity index (χ3n) is 4.23. The molecule has 0 aliphatic carbocycles. The number of hydrogen-bond donors (Lipinski definition) is 2. The second-order valence-corrected chi connectivity index (χ2v) is 9.20. The summed E-state index contributed by atoms with van der Waals surface area (Å²) in [6.07, 6.45) is 1.03. The van der Waals surface area contributed by atoms with Crippen molar-refractivity contribution in [1.82, 2.24) is 5.32 Å². The van der Waals surface area contributed by atoms with Gasteiger partial charge in [-0.2, -0.15) is 13.5 Å². The number of benzene rings is 2. The summed E-state index contributed by atoms with van der Waals surface area (Å²) in [5.41, 5.74) is 0.516. The zero-order chi connectivity index (χ0) is 24.0. The summed E-state index contributed by atoms with van der Waals surface area (Å²) in [5.74, 6) is -0.902. The molecule has 1 amide bonds. The normalized spacial score (nSPS) is 17.2. The van der Waals surface area contributed by atoms with Gasteiger partial charge in [0.25, 0.3) is 0 Å². The number of aliphatic carboxylic acids is 1. The molecule has 0 bridgehead atoms. The summed E-state index contributed by atoms with van der Waals surface area (Å²) in [6, 6.07) is 10.2. The van der Waals surface area contributed by atoms with Crippen LogP contribution in [0.1, 0.15) is 12.0 Å². The van der Waals surface area contributed by atoms with Crippen molar-refractivity contribution < 1.29 is 36.8 Å². The Labute approximate surface area is 193 Å². The minimum atomic E-state index is -4.11. The van der Waals surface area contributed by atoms with E-state index in [4.69, 9.17) is 18.8 Å². The summed E-state index contributed by atoms with van der Waals surface area (Å²) in [5, 5.41) is 18.4. The van der Waals surface area contributed by atoms with Crippen molar-refractivity contribution in [1.29, 1.82) is 0 Å². The molecule has 1 heterocycles. The van der Waals surface area contributed by atoms with E-state index in [1.54, 1.807) is 6.07 Å². The molecule has 1 aliphatic heterocycles. The van der Waals surface area contributed by atoms with Crippen molar-refractivity contribution in [2.45, 2.75) is 16.6 Å². The summed E-state index contributed by atoms with van der Waals surface area (Å²) in [7, 11) is -1.28. The Morgan fingerprint density at radius 2 is 1.88 bits per heavy atom. The smallest absolute Gasteiger partial charge is 0.339 e. The Morgan fingerprint density at radius 3 is 2.52 bits per heavy atom. The second-order valence-electron chi connectivity index (χ2n) is 6.47. The molecule has 33 heavy (non-hydrogen) atoms. The van der Waals surface area contributed by atoms with Crippen LogP contribution in [0.3, 0.4) is 0 Å². The Morgan fingerprint density at radius 1 is 1.15 bits per heavy atom. The van der Waals surface area contributed by atoms with Gasteiger partial charge in [-0.05, 0) is 48.0 Å². The molecule has 2 N–H and O–H groups in total. The van der Waals surface area contributed by atoms with Gasteiger partial charge in [0.2, 0.25) is 5.91 Å². The van der Waals surface area contributed by atoms with Crippen molar-refractivity contribution in [3.05, 3.63) is 48.0 Å². The fourth-order valence-corrected chi connectivity index (χ4v) is 4.49. The lowest BCUT2D eigenvalue weighted by Gasteiger charge is -2.11. The van der Waals surface area contributed by atoms with Crippen molar-refractivity contribution in [3.63, 3.8) is 0 Å². The minimum Gasteiger partial charge on any atom is -0.497 e. The maximum absolute atomic E-state index is 12.6. The van der Waals surface area contributed by atoms with Gasteiger partial charge in [-0.25, -0.2) is 0 Å². The molecule has 1 saturated heterocycles. The van der Waals surface area contributed by atoms with Crippen LogP contribution in [0, 0.1) is 0 Å². The van der Waals surface area contributed by atoms with Crippen molar-refractivity contribution in [3.8, 4) is 17.2 Å². The fraction of sp³-hybridized carbons (Fsp3) is 0.200. The van der Waals surface area contributed by atoms with Gasteiger partial charge in [0.1, 0.15) is 15.9 Å². The standard InChI is InChI=1S/C20H19N3O8S2/c1-29-13-4-6-14(7-5-13)33(27,28)31-15-8-3-12(9-16(15)30-2)11-21-23-20-22-19(26)17(32-20)10-18(24)25/h3-9,11,17H,10H2,1-2H3,(H,24,25)(H,22,23,26). The number of amides is 1. The average Bonchev–Trinajstić information content (AvgIpc) is 3.12. The zero-order valence-corrected chi connectivity index (χ0v) is 19.1. The van der Waals surface area contributed by atoms with Crippen LogP contribution in [-0.2, 0) is 19.7 Å². The van der Waals surface area contributed by atoms with Crippen LogP contribution in [0.2, 0.25) is 0 Å². The van der Waals surface area contributed by atoms with Crippen LogP contribution in [0.15, 0.2) is 57.6 Å². The molecule has 1 fully saturated rings. The maximum Gasteiger partial charge on any atom is 0.339 e. The molecule has 1 aliphatic rings. The molecule has 174 valence electrons. The van der Waals surface area contributed by atoms with Gasteiger partial charge >= 0.3 is 16.1 Å². The first-order valence-electron chi connectivity index (χ1n) is 9.29. The molecule has 0 saturated carbocycles. The lowest BCUT2D eigenvalue weighted by atomic mass is 10.2. The predicted molar refractivity (Wildman–Crippen MR) is 121 cm³/mol. The van der Waals surface area contributed by atoms with Crippen LogP contribution >= 0.6 is 11.8 Å². The van der Waals surface area contributed by atoms with E-state index in [9.17, 15) is 18.0 Å². The number of nitrogens with zero attached hydrogens (tertiary/aromatic N) is 2. The summed E-state index contributed by atoms with van der Waals surface area (Å²) in [6.45, 7) is 0. The van der Waals surface area contributed by atoms with Gasteiger partial charge in [0, 0.05) is 0 Å². The number of carbonyl (C=O) groups excluding carboxylic acids is 1. The minimum absolute atomic E-state index is 0.0214. The lowest BCUT2D eigenvalue weighted by Crippen LogP contribution is -2.26. The van der Waals surface area contributed by atoms with E-state index >= 15 is 0 Å². The molecule has 0 radical (unpaired) electrons. The van der Waals surface area contributed by atoms with E-state index in [1.165, 1.54) is 56.8 Å². The number of methoxy groups -OCH3 is 2. The number of hydrogen-bond acceptors (Lipinski definition) is 10. The highest BCUT2D eigenvalue weighted by Gasteiger charge is 2.32. The van der Waals surface area contributed by atoms with Gasteiger partial charge in [-0.3, -0.25) is 9.59 Å². The highest BCUT2D eigenvalue weighted by molar-refractivity contribution is 8.15. The highest BCUT2D eigenvalue weighted by Crippen LogP contribution is 2.31. The Balaban J connectivity index is 1.72. The van der Waals surface area contributed by atoms with E-state index in [2.05, 4.69) is 15.5 Å². The van der Waals surface area contributed by atoms with Crippen LogP contribution in [0.4, 0.5) is 0 Å². The monoisotopic (exact) mass is 493 g/mol. The number of nitrogens with one attached hydrogen (secondary N) is 1. The number of ether oxygens (including phenoxy) is 2. The van der Waals surface area contributed by atoms with Gasteiger partial charge in [0.15, 0.2) is 16.7 Å². The Hall–Kier alpha value is -3.58. The molecule has 2 aromatic carbocycles. The number of carboxylic acid groups (broad SMARTS) is 1. The second kappa shape index (κ2) is 10.4. The molecular weight excluding hydrogens is 474 g/mol. The van der Waals surface area contributed by atoms with Crippen molar-refractivity contribution in [2.75, 3.05) is 14.2 Å². The lowest BCUT2D eigenvalue weighted by molar-refractivity contribution is -0.138. The first kappa shape index (κ1) is 24.1. The van der Waals surface area contributed by atoms with Gasteiger partial charge < -0.3 is 24.1 Å². The van der Waals surface area contributed by atoms with E-state index in [0.29, 0.717) is 11.3 Å². The third kappa shape index (κ3) is 6.23. The van der Waals surface area contributed by atoms with Gasteiger partial charge in [-0.15, -0.1) is 5.10 Å². The molecule has 3 rings (SSSR count). The molecule has 0 spiro atoms. The van der Waals surface area contributed by atoms with E-state index < -0.39 is 27.2 Å². The van der Waals surface area contributed by atoms with Crippen LogP contribution < -0.4 is 19.0 Å². The number of carboxylic acids is 1. The third-order valence-corrected chi connectivity index (χ3v) is 6.55. The quantitative estimate of drug-likeness (QED) is 0.303. The molecule has 1 unspecified atom stereocenters. The average molecular weight is 494 g/mol. The SMILES string of the molecule is COc1ccc(S(=O)(=O)Oc2ccc(C=N/N=C3/NC(=O)C(CC(=O)O)S3)cc2OC)cc1. The summed E-state index contributed by atoms with van der Waals surface area (Å²) >= 11 is 0.974. The number of carbonyl (C=O) groups is 2. The topological polar surface area (TPSA) is 153 Å². The van der Waals surface area contributed by atoms with E-state index in [-0.39, 0.29) is 28.0 Å². The maximum atomic E-state index is 12.6. The van der Waals surface area contributed by atoms with Crippen molar-refractivity contribution in [2.24, 2.45) is 10.2 Å². The van der Waals surface area contributed by atoms with Crippen LogP contribution in [-0.4, -0.2) is 56.3 Å². The molecule has 13 heteroatoms. The summed E-state index contributed by atoms with van der Waals surface area (Å²) in [4.78, 5) is 22.4. The van der Waals surface area contributed by atoms with Crippen LogP contribution in [0.25, 0.3) is 0 Å². The number of rotatable bonds is 9. The van der Waals surface area contributed by atoms with Crippen molar-refractivity contribution >= 4 is 45.1 Å². The predicted octanol–water partition coefficient (Wildman–Crippen LogP) is 1.87. The first-order valence-corrected chi connectivity index (χ1v) is 11.6. The van der Waals surface area contributed by atoms with Crippen LogP contribution in [0.5, 0.6) is 17.2 Å². The largest absolute Gasteiger partial charge is 0.497 e. The Bertz CT molecular complexity index is 1210. The number of amidine groups is 1. The number of thioether (sulfide) groups is 1. The zero-order valence-electron chi connectivity index (χ0n) is 17.4. The molecule has 1 atom stereocenters. The summed E-state index contributed by atoms with van der Waals surface area (Å²) < 4.78 is 40.6. The fourth-order valence-electron chi connectivity index (χ4n) is 2.64.